The summed E-state index contributed by atoms with van der Waals surface area (Å²) < 4.78 is 11.5. The number of carbonyl (C=O) groups is 3. The van der Waals surface area contributed by atoms with Crippen molar-refractivity contribution >= 4 is 17.9 Å². The van der Waals surface area contributed by atoms with E-state index in [1.807, 2.05) is 14.1 Å². The van der Waals surface area contributed by atoms with Gasteiger partial charge in [-0.25, -0.2) is 0 Å². The lowest BCUT2D eigenvalue weighted by molar-refractivity contribution is -0.151. The molecule has 0 saturated heterocycles. The minimum atomic E-state index is -0.713. The molecule has 0 spiro atoms. The predicted octanol–water partition coefficient (Wildman–Crippen LogP) is 7.44. The molecular weight excluding hydrogens is 482 g/mol. The van der Waals surface area contributed by atoms with Gasteiger partial charge in [0, 0.05) is 19.3 Å². The Morgan fingerprint density at radius 1 is 0.684 bits per heavy atom. The Hall–Kier alpha value is -1.63. The minimum absolute atomic E-state index is 0.00317. The third-order valence-corrected chi connectivity index (χ3v) is 7.46. The van der Waals surface area contributed by atoms with Crippen molar-refractivity contribution in [3.63, 3.8) is 0 Å². The summed E-state index contributed by atoms with van der Waals surface area (Å²) in [5.41, 5.74) is 0. The number of carboxylic acids is 1. The van der Waals surface area contributed by atoms with Crippen LogP contribution in [0.15, 0.2) is 0 Å². The predicted molar refractivity (Wildman–Crippen MR) is 152 cm³/mol. The second-order valence-corrected chi connectivity index (χ2v) is 11.5. The second kappa shape index (κ2) is 23.3. The maximum atomic E-state index is 12.4. The molecule has 7 heteroatoms. The maximum Gasteiger partial charge on any atom is 0.306 e. The number of ether oxygens (including phenoxy) is 2. The quantitative estimate of drug-likeness (QED) is 0.101. The molecule has 0 aromatic carbocycles. The van der Waals surface area contributed by atoms with Gasteiger partial charge in [-0.3, -0.25) is 14.4 Å². The van der Waals surface area contributed by atoms with Crippen LogP contribution in [0.4, 0.5) is 0 Å². The summed E-state index contributed by atoms with van der Waals surface area (Å²) in [6.45, 7) is 0.889. The molecule has 1 N–H and O–H groups in total. The molecule has 0 aliphatic heterocycles. The summed E-state index contributed by atoms with van der Waals surface area (Å²) in [5.74, 6) is -0.812. The van der Waals surface area contributed by atoms with Crippen LogP contribution in [-0.2, 0) is 23.9 Å². The molecule has 1 unspecified atom stereocenters. The largest absolute Gasteiger partial charge is 0.481 e. The number of hydrogen-bond acceptors (Lipinski definition) is 6. The van der Waals surface area contributed by atoms with Crippen molar-refractivity contribution in [2.45, 2.75) is 160 Å². The Bertz CT molecular complexity index is 617. The van der Waals surface area contributed by atoms with E-state index in [0.29, 0.717) is 12.8 Å². The van der Waals surface area contributed by atoms with Gasteiger partial charge in [0.1, 0.15) is 12.2 Å². The summed E-state index contributed by atoms with van der Waals surface area (Å²) in [4.78, 5) is 37.1. The second-order valence-electron chi connectivity index (χ2n) is 11.5. The summed E-state index contributed by atoms with van der Waals surface area (Å²) in [6.07, 6.45) is 22.3. The van der Waals surface area contributed by atoms with E-state index in [0.717, 1.165) is 116 Å². The molecule has 1 aliphatic rings. The smallest absolute Gasteiger partial charge is 0.306 e. The van der Waals surface area contributed by atoms with E-state index in [1.54, 1.807) is 0 Å². The highest BCUT2D eigenvalue weighted by molar-refractivity contribution is 5.69. The van der Waals surface area contributed by atoms with Crippen molar-refractivity contribution in [2.75, 3.05) is 20.6 Å². The van der Waals surface area contributed by atoms with Crippen LogP contribution in [-0.4, -0.2) is 60.8 Å². The van der Waals surface area contributed by atoms with Gasteiger partial charge in [0.2, 0.25) is 0 Å². The number of nitrogens with zero attached hydrogens (tertiary/aromatic N) is 1. The van der Waals surface area contributed by atoms with Crippen molar-refractivity contribution in [2.24, 2.45) is 0 Å². The van der Waals surface area contributed by atoms with E-state index < -0.39 is 5.97 Å². The lowest BCUT2D eigenvalue weighted by Crippen LogP contribution is -2.20. The third kappa shape index (κ3) is 21.3. The maximum absolute atomic E-state index is 12.4. The van der Waals surface area contributed by atoms with Crippen LogP contribution < -0.4 is 0 Å². The van der Waals surface area contributed by atoms with Gasteiger partial charge in [0.15, 0.2) is 0 Å². The number of carbonyl (C=O) groups excluding carboxylic acids is 2. The fourth-order valence-electron chi connectivity index (χ4n) is 5.18. The Morgan fingerprint density at radius 3 is 1.74 bits per heavy atom. The lowest BCUT2D eigenvalue weighted by Gasteiger charge is -2.21. The molecule has 1 rings (SSSR count). The fraction of sp³-hybridized carbons (Fsp3) is 0.903. The number of carboxylic acid groups (broad SMARTS) is 1. The van der Waals surface area contributed by atoms with Gasteiger partial charge in [-0.1, -0.05) is 57.8 Å². The first-order valence-electron chi connectivity index (χ1n) is 15.6. The van der Waals surface area contributed by atoms with E-state index >= 15 is 0 Å². The van der Waals surface area contributed by atoms with Crippen LogP contribution in [0, 0.1) is 0 Å². The van der Waals surface area contributed by atoms with Crippen LogP contribution in [0.2, 0.25) is 0 Å². The number of aliphatic carboxylic acids is 1. The van der Waals surface area contributed by atoms with Crippen LogP contribution in [0.5, 0.6) is 0 Å². The molecule has 0 aromatic rings. The minimum Gasteiger partial charge on any atom is -0.481 e. The van der Waals surface area contributed by atoms with Crippen molar-refractivity contribution in [1.29, 1.82) is 0 Å². The first kappa shape index (κ1) is 34.4. The van der Waals surface area contributed by atoms with Gasteiger partial charge in [-0.2, -0.15) is 0 Å². The highest BCUT2D eigenvalue weighted by Crippen LogP contribution is 2.21. The Morgan fingerprint density at radius 2 is 1.18 bits per heavy atom. The summed E-state index contributed by atoms with van der Waals surface area (Å²) >= 11 is 0. The number of unbranched alkanes of at least 4 members (excludes halogenated alkanes) is 10. The molecule has 7 nitrogen and oxygen atoms in total. The molecule has 222 valence electrons. The third-order valence-electron chi connectivity index (χ3n) is 7.46. The average Bonchev–Trinajstić information content (AvgIpc) is 2.87. The molecule has 1 saturated carbocycles. The average molecular weight is 540 g/mol. The summed E-state index contributed by atoms with van der Waals surface area (Å²) in [6, 6.07) is 0. The lowest BCUT2D eigenvalue weighted by atomic mass is 9.98. The van der Waals surface area contributed by atoms with Gasteiger partial charge >= 0.3 is 17.9 Å². The zero-order valence-electron chi connectivity index (χ0n) is 24.6. The zero-order chi connectivity index (χ0) is 27.8. The van der Waals surface area contributed by atoms with Crippen LogP contribution >= 0.6 is 0 Å². The van der Waals surface area contributed by atoms with Gasteiger partial charge in [0.05, 0.1) is 0 Å². The van der Waals surface area contributed by atoms with Crippen molar-refractivity contribution < 1.29 is 29.0 Å². The van der Waals surface area contributed by atoms with E-state index in [9.17, 15) is 14.4 Å². The van der Waals surface area contributed by atoms with E-state index in [2.05, 4.69) is 4.90 Å². The number of hydrogen-bond donors (Lipinski definition) is 1. The topological polar surface area (TPSA) is 93.1 Å². The Labute approximate surface area is 232 Å². The Balaban J connectivity index is 2.16. The molecule has 0 amide bonds. The molecule has 0 heterocycles. The first-order valence-corrected chi connectivity index (χ1v) is 15.6. The summed E-state index contributed by atoms with van der Waals surface area (Å²) in [7, 11) is 4.03. The van der Waals surface area contributed by atoms with Crippen LogP contribution in [0.25, 0.3) is 0 Å². The van der Waals surface area contributed by atoms with E-state index in [1.165, 1.54) is 19.3 Å². The molecule has 0 bridgehead atoms. The normalized spacial score (nSPS) is 14.9. The van der Waals surface area contributed by atoms with Crippen LogP contribution in [0.3, 0.4) is 0 Å². The monoisotopic (exact) mass is 539 g/mol. The SMILES string of the molecule is CN(C)CCCC(=O)OC(CCCCCCCCC(=O)O)CCCCCCCCC(=O)OC1CCCCC1. The van der Waals surface area contributed by atoms with Gasteiger partial charge < -0.3 is 19.5 Å². The van der Waals surface area contributed by atoms with Crippen molar-refractivity contribution in [3.8, 4) is 0 Å². The molecule has 1 aliphatic carbocycles. The highest BCUT2D eigenvalue weighted by atomic mass is 16.5. The van der Waals surface area contributed by atoms with Crippen LogP contribution in [0.1, 0.15) is 148 Å². The molecule has 1 fully saturated rings. The van der Waals surface area contributed by atoms with Gasteiger partial charge in [0.25, 0.3) is 0 Å². The standard InChI is InChI=1S/C31H57NO6/c1-32(2)26-18-25-31(36)38-27(19-12-7-3-5-9-16-23-29(33)34)20-13-8-4-6-10-17-24-30(35)37-28-21-14-11-15-22-28/h27-28H,3-26H2,1-2H3,(H,33,34). The Kier molecular flexibility index (Phi) is 21.1. The van der Waals surface area contributed by atoms with Gasteiger partial charge in [-0.15, -0.1) is 0 Å². The molecular formula is C31H57NO6. The molecule has 0 aromatic heterocycles. The summed E-state index contributed by atoms with van der Waals surface area (Å²) in [5, 5.41) is 8.72. The fourth-order valence-corrected chi connectivity index (χ4v) is 5.18. The van der Waals surface area contributed by atoms with E-state index in [-0.39, 0.29) is 30.6 Å². The zero-order valence-corrected chi connectivity index (χ0v) is 24.6. The van der Waals surface area contributed by atoms with Gasteiger partial charge in [-0.05, 0) is 91.3 Å². The molecule has 1 atom stereocenters. The first-order chi connectivity index (χ1) is 18.4. The number of rotatable bonds is 24. The highest BCUT2D eigenvalue weighted by Gasteiger charge is 2.17. The molecule has 0 radical (unpaired) electrons. The molecule has 38 heavy (non-hydrogen) atoms. The number of esters is 2. The van der Waals surface area contributed by atoms with E-state index in [4.69, 9.17) is 14.6 Å². The van der Waals surface area contributed by atoms with Crippen molar-refractivity contribution in [1.82, 2.24) is 4.90 Å². The van der Waals surface area contributed by atoms with Crippen molar-refractivity contribution in [3.05, 3.63) is 0 Å².